The van der Waals surface area contributed by atoms with Crippen LogP contribution in [0, 0.1) is 5.95 Å². The van der Waals surface area contributed by atoms with Crippen molar-refractivity contribution in [3.8, 4) is 28.1 Å². The first-order valence-electron chi connectivity index (χ1n) is 10.3. The van der Waals surface area contributed by atoms with Gasteiger partial charge in [-0.3, -0.25) is 9.65 Å². The quantitative estimate of drug-likeness (QED) is 0.342. The third kappa shape index (κ3) is 4.06. The number of ether oxygens (including phenoxy) is 1. The minimum absolute atomic E-state index is 0.295. The van der Waals surface area contributed by atoms with E-state index in [0.29, 0.717) is 48.7 Å². The van der Waals surface area contributed by atoms with E-state index in [4.69, 9.17) is 4.74 Å². The first-order chi connectivity index (χ1) is 16.0. The number of H-pyrrole nitrogens is 1. The topological polar surface area (TPSA) is 107 Å². The van der Waals surface area contributed by atoms with Crippen LogP contribution >= 0.6 is 0 Å². The zero-order valence-corrected chi connectivity index (χ0v) is 18.5. The van der Waals surface area contributed by atoms with Crippen LogP contribution in [0.4, 0.5) is 10.2 Å². The molecule has 5 rings (SSSR count). The van der Waals surface area contributed by atoms with Crippen LogP contribution in [0.1, 0.15) is 0 Å². The highest BCUT2D eigenvalue weighted by molar-refractivity contribution is 7.76. The van der Waals surface area contributed by atoms with Gasteiger partial charge in [-0.25, -0.2) is 14.2 Å². The minimum Gasteiger partial charge on any atom is -0.496 e. The average Bonchev–Trinajstić information content (AvgIpc) is 3.27. The van der Waals surface area contributed by atoms with E-state index < -0.39 is 17.2 Å². The number of halogens is 1. The van der Waals surface area contributed by atoms with E-state index >= 15 is 0 Å². The summed E-state index contributed by atoms with van der Waals surface area (Å²) in [5.74, 6) is 0.567. The zero-order valence-electron chi connectivity index (χ0n) is 17.7. The summed E-state index contributed by atoms with van der Waals surface area (Å²) < 4.78 is 41.9. The fourth-order valence-corrected chi connectivity index (χ4v) is 4.53. The lowest BCUT2D eigenvalue weighted by molar-refractivity contribution is 0.373. The maximum Gasteiger partial charge on any atom is 0.234 e. The van der Waals surface area contributed by atoms with Gasteiger partial charge in [0.25, 0.3) is 0 Å². The van der Waals surface area contributed by atoms with Crippen molar-refractivity contribution in [3.05, 3.63) is 54.7 Å². The van der Waals surface area contributed by atoms with Crippen LogP contribution in [-0.4, -0.2) is 66.5 Å². The van der Waals surface area contributed by atoms with E-state index in [1.54, 1.807) is 18.3 Å². The monoisotopic (exact) mass is 468 g/mol. The standard InChI is InChI=1S/C22H21FN6O3S/c1-32-18-5-7-25-22(23)20(18)14-2-3-17-16(12-14)21(27-26-17)15-4-6-24-19(13-15)28-8-10-29(11-9-28)33(30)31/h2-7,12-13H,8-11H2,1H3,(H,26,27)(H,30,31). The number of fused-ring (bicyclic) bond motifs is 1. The molecule has 170 valence electrons. The molecule has 0 radical (unpaired) electrons. The van der Waals surface area contributed by atoms with Crippen LogP contribution in [0.5, 0.6) is 5.75 Å². The van der Waals surface area contributed by atoms with E-state index in [1.807, 2.05) is 24.3 Å². The Morgan fingerprint density at radius 3 is 2.61 bits per heavy atom. The number of aromatic nitrogens is 4. The summed E-state index contributed by atoms with van der Waals surface area (Å²) in [6, 6.07) is 11.0. The average molecular weight is 469 g/mol. The first kappa shape index (κ1) is 21.4. The molecule has 1 aliphatic rings. The fraction of sp³-hybridized carbons (Fsp3) is 0.227. The molecule has 3 aromatic heterocycles. The van der Waals surface area contributed by atoms with Gasteiger partial charge in [0.15, 0.2) is 0 Å². The molecule has 33 heavy (non-hydrogen) atoms. The Bertz CT molecular complexity index is 1340. The SMILES string of the molecule is COc1ccnc(F)c1-c1ccc2[nH]nc(-c3ccnc(N4CCN(S(=O)O)CC4)c3)c2c1. The molecule has 0 saturated carbocycles. The second kappa shape index (κ2) is 8.85. The lowest BCUT2D eigenvalue weighted by atomic mass is 10.0. The van der Waals surface area contributed by atoms with Gasteiger partial charge in [-0.1, -0.05) is 6.07 Å². The smallest absolute Gasteiger partial charge is 0.234 e. The molecular formula is C22H21FN6O3S. The fourth-order valence-electron chi connectivity index (χ4n) is 4.05. The van der Waals surface area contributed by atoms with Crippen molar-refractivity contribution >= 4 is 28.0 Å². The van der Waals surface area contributed by atoms with Gasteiger partial charge in [0.05, 0.1) is 18.2 Å². The van der Waals surface area contributed by atoms with E-state index in [9.17, 15) is 13.2 Å². The Morgan fingerprint density at radius 1 is 1.06 bits per heavy atom. The van der Waals surface area contributed by atoms with Gasteiger partial charge in [-0.15, -0.1) is 0 Å². The van der Waals surface area contributed by atoms with Gasteiger partial charge in [-0.2, -0.15) is 13.8 Å². The summed E-state index contributed by atoms with van der Waals surface area (Å²) in [6.07, 6.45) is 3.09. The Morgan fingerprint density at radius 2 is 1.85 bits per heavy atom. The third-order valence-electron chi connectivity index (χ3n) is 5.74. The summed E-state index contributed by atoms with van der Waals surface area (Å²) >= 11 is -1.96. The van der Waals surface area contributed by atoms with Gasteiger partial charge in [-0.05, 0) is 35.9 Å². The number of rotatable bonds is 5. The predicted octanol–water partition coefficient (Wildman–Crippen LogP) is 3.09. The van der Waals surface area contributed by atoms with E-state index in [1.165, 1.54) is 17.6 Å². The molecule has 1 aliphatic heterocycles. The number of hydrogen-bond donors (Lipinski definition) is 2. The van der Waals surface area contributed by atoms with Crippen molar-refractivity contribution in [2.75, 3.05) is 38.2 Å². The van der Waals surface area contributed by atoms with Crippen molar-refractivity contribution in [2.24, 2.45) is 0 Å². The van der Waals surface area contributed by atoms with Crippen molar-refractivity contribution in [1.82, 2.24) is 24.5 Å². The molecule has 0 aliphatic carbocycles. The number of pyridine rings is 2. The van der Waals surface area contributed by atoms with Gasteiger partial charge in [0, 0.05) is 49.5 Å². The molecular weight excluding hydrogens is 447 g/mol. The number of aromatic amines is 1. The largest absolute Gasteiger partial charge is 0.496 e. The summed E-state index contributed by atoms with van der Waals surface area (Å²) in [5.41, 5.74) is 3.32. The lowest BCUT2D eigenvalue weighted by Crippen LogP contribution is -2.47. The summed E-state index contributed by atoms with van der Waals surface area (Å²) in [4.78, 5) is 10.3. The molecule has 0 amide bonds. The van der Waals surface area contributed by atoms with E-state index in [0.717, 1.165) is 22.3 Å². The van der Waals surface area contributed by atoms with E-state index in [2.05, 4.69) is 25.1 Å². The van der Waals surface area contributed by atoms with Gasteiger partial charge in [0.2, 0.25) is 17.2 Å². The van der Waals surface area contributed by atoms with E-state index in [-0.39, 0.29) is 0 Å². The second-order valence-corrected chi connectivity index (χ2v) is 8.54. The van der Waals surface area contributed by atoms with Crippen molar-refractivity contribution < 1.29 is 17.9 Å². The lowest BCUT2D eigenvalue weighted by Gasteiger charge is -2.33. The molecule has 1 atom stereocenters. The highest BCUT2D eigenvalue weighted by Crippen LogP contribution is 2.36. The maximum atomic E-state index is 14.5. The highest BCUT2D eigenvalue weighted by Gasteiger charge is 2.22. The molecule has 4 heterocycles. The number of piperazine rings is 1. The molecule has 9 nitrogen and oxygen atoms in total. The first-order valence-corrected chi connectivity index (χ1v) is 11.4. The Labute approximate surface area is 191 Å². The molecule has 1 fully saturated rings. The minimum atomic E-state index is -1.96. The van der Waals surface area contributed by atoms with Gasteiger partial charge >= 0.3 is 0 Å². The van der Waals surface area contributed by atoms with Crippen LogP contribution in [-0.2, 0) is 11.3 Å². The van der Waals surface area contributed by atoms with Crippen molar-refractivity contribution in [3.63, 3.8) is 0 Å². The number of benzene rings is 1. The van der Waals surface area contributed by atoms with Crippen LogP contribution < -0.4 is 9.64 Å². The second-order valence-electron chi connectivity index (χ2n) is 7.56. The molecule has 0 spiro atoms. The number of hydrogen-bond acceptors (Lipinski definition) is 6. The predicted molar refractivity (Wildman–Crippen MR) is 124 cm³/mol. The third-order valence-corrected chi connectivity index (χ3v) is 6.55. The number of nitrogens with one attached hydrogen (secondary N) is 1. The molecule has 1 saturated heterocycles. The Balaban J connectivity index is 1.51. The normalized spacial score (nSPS) is 15.7. The number of anilines is 1. The zero-order chi connectivity index (χ0) is 22.9. The molecule has 11 heteroatoms. The molecule has 1 aromatic carbocycles. The van der Waals surface area contributed by atoms with Crippen molar-refractivity contribution in [2.45, 2.75) is 0 Å². The Kier molecular flexibility index (Phi) is 5.75. The summed E-state index contributed by atoms with van der Waals surface area (Å²) in [7, 11) is 1.50. The van der Waals surface area contributed by atoms with Crippen LogP contribution in [0.3, 0.4) is 0 Å². The summed E-state index contributed by atoms with van der Waals surface area (Å²) in [5, 5.41) is 8.36. The van der Waals surface area contributed by atoms with Crippen LogP contribution in [0.25, 0.3) is 33.3 Å². The Hall–Kier alpha value is -3.41. The molecule has 0 bridgehead atoms. The van der Waals surface area contributed by atoms with Crippen LogP contribution in [0.2, 0.25) is 0 Å². The number of nitrogens with zero attached hydrogens (tertiary/aromatic N) is 5. The van der Waals surface area contributed by atoms with Crippen molar-refractivity contribution in [1.29, 1.82) is 0 Å². The highest BCUT2D eigenvalue weighted by atomic mass is 32.2. The van der Waals surface area contributed by atoms with Gasteiger partial charge < -0.3 is 9.64 Å². The number of methoxy groups -OCH3 is 1. The molecule has 2 N–H and O–H groups in total. The van der Waals surface area contributed by atoms with Crippen LogP contribution in [0.15, 0.2) is 48.8 Å². The maximum absolute atomic E-state index is 14.5. The summed E-state index contributed by atoms with van der Waals surface area (Å²) in [6.45, 7) is 2.13. The molecule has 4 aromatic rings. The van der Waals surface area contributed by atoms with Gasteiger partial charge in [0.1, 0.15) is 17.3 Å². The molecule has 1 unspecified atom stereocenters.